The van der Waals surface area contributed by atoms with Crippen LogP contribution in [-0.4, -0.2) is 75.3 Å². The molecule has 1 aromatic carbocycles. The lowest BCUT2D eigenvalue weighted by atomic mass is 9.91. The molecule has 5 rings (SSSR count). The Morgan fingerprint density at radius 3 is 2.80 bits per heavy atom. The molecule has 4 aromatic rings. The van der Waals surface area contributed by atoms with Crippen LogP contribution in [0.15, 0.2) is 24.8 Å². The number of anilines is 1. The first-order valence-electron chi connectivity index (χ1n) is 11.7. The minimum absolute atomic E-state index is 0.101. The summed E-state index contributed by atoms with van der Waals surface area (Å²) < 4.78 is 1.72. The second kappa shape index (κ2) is 8.58. The fourth-order valence-electron chi connectivity index (χ4n) is 4.93. The zero-order chi connectivity index (χ0) is 24.9. The number of aliphatic hydroxyl groups excluding tert-OH is 1. The number of nitrogens with one attached hydrogen (secondary N) is 1. The molecule has 0 radical (unpaired) electrons. The van der Waals surface area contributed by atoms with Gasteiger partial charge in [0.2, 0.25) is 5.91 Å². The van der Waals surface area contributed by atoms with Crippen molar-refractivity contribution in [3.63, 3.8) is 0 Å². The monoisotopic (exact) mass is 478 g/mol. The van der Waals surface area contributed by atoms with Crippen LogP contribution in [0.2, 0.25) is 0 Å². The second-order valence-corrected chi connectivity index (χ2v) is 9.75. The van der Waals surface area contributed by atoms with Gasteiger partial charge in [-0.15, -0.1) is 0 Å². The maximum Gasteiger partial charge on any atom is 0.223 e. The Hall–Kier alpha value is -3.57. The van der Waals surface area contributed by atoms with E-state index in [0.717, 1.165) is 16.9 Å². The molecule has 1 fully saturated rings. The van der Waals surface area contributed by atoms with Crippen molar-refractivity contribution in [1.82, 2.24) is 34.4 Å². The van der Waals surface area contributed by atoms with Crippen molar-refractivity contribution < 1.29 is 15.0 Å². The van der Waals surface area contributed by atoms with Crippen LogP contribution >= 0.6 is 0 Å². The van der Waals surface area contributed by atoms with Crippen LogP contribution in [-0.2, 0) is 11.2 Å². The Balaban J connectivity index is 1.37. The number of hydrogen-bond acceptors (Lipinski definition) is 8. The fraction of sp³-hybridized carbons (Fsp3) is 0.458. The summed E-state index contributed by atoms with van der Waals surface area (Å²) in [4.78, 5) is 35.4. The van der Waals surface area contributed by atoms with Crippen LogP contribution in [0.4, 0.5) is 5.82 Å². The summed E-state index contributed by atoms with van der Waals surface area (Å²) in [5.74, 6) is 0.856. The number of nitrogens with zero attached hydrogens (tertiary/aromatic N) is 6. The number of nitrogens with two attached hydrogens (primary N) is 1. The van der Waals surface area contributed by atoms with Crippen LogP contribution < -0.4 is 5.73 Å². The minimum atomic E-state index is -1.31. The van der Waals surface area contributed by atoms with Crippen molar-refractivity contribution in [3.8, 4) is 0 Å². The number of benzene rings is 1. The number of aromatic nitrogens is 6. The van der Waals surface area contributed by atoms with Crippen molar-refractivity contribution in [1.29, 1.82) is 0 Å². The lowest BCUT2D eigenvalue weighted by molar-refractivity contribution is -0.132. The molecule has 0 spiro atoms. The third-order valence-corrected chi connectivity index (χ3v) is 6.99. The normalized spacial score (nSPS) is 23.2. The highest BCUT2D eigenvalue weighted by atomic mass is 16.3. The lowest BCUT2D eigenvalue weighted by Gasteiger charge is -2.34. The lowest BCUT2D eigenvalue weighted by Crippen LogP contribution is -2.42. The van der Waals surface area contributed by atoms with E-state index in [0.29, 0.717) is 17.6 Å². The predicted molar refractivity (Wildman–Crippen MR) is 130 cm³/mol. The van der Waals surface area contributed by atoms with Gasteiger partial charge in [0.25, 0.3) is 0 Å². The Bertz CT molecular complexity index is 1370. The van der Waals surface area contributed by atoms with Gasteiger partial charge in [-0.25, -0.2) is 19.9 Å². The van der Waals surface area contributed by atoms with Crippen LogP contribution in [0.3, 0.4) is 0 Å². The number of nitrogen functional groups attached to an aromatic ring is 1. The van der Waals surface area contributed by atoms with Gasteiger partial charge in [0.15, 0.2) is 11.5 Å². The van der Waals surface area contributed by atoms with Crippen molar-refractivity contribution >= 4 is 33.9 Å². The van der Waals surface area contributed by atoms with Crippen molar-refractivity contribution in [2.45, 2.75) is 57.8 Å². The number of hydrogen-bond donors (Lipinski definition) is 4. The highest BCUT2D eigenvalue weighted by molar-refractivity contribution is 5.81. The number of H-pyrrole nitrogens is 1. The van der Waals surface area contributed by atoms with Gasteiger partial charge in [-0.05, 0) is 44.0 Å². The van der Waals surface area contributed by atoms with Gasteiger partial charge in [-0.1, -0.05) is 0 Å². The number of imidazole rings is 2. The first-order chi connectivity index (χ1) is 16.6. The zero-order valence-electron chi connectivity index (χ0n) is 20.1. The minimum Gasteiger partial charge on any atom is -0.391 e. The molecule has 0 aliphatic carbocycles. The molecule has 1 amide bonds. The third kappa shape index (κ3) is 4.32. The molecular formula is C24H30N8O3. The molecule has 11 heteroatoms. The first kappa shape index (κ1) is 23.2. The van der Waals surface area contributed by atoms with Crippen LogP contribution in [0.25, 0.3) is 22.2 Å². The second-order valence-electron chi connectivity index (χ2n) is 9.75. The van der Waals surface area contributed by atoms with Crippen LogP contribution in [0.5, 0.6) is 0 Å². The summed E-state index contributed by atoms with van der Waals surface area (Å²) in [5, 5.41) is 21.9. The van der Waals surface area contributed by atoms with E-state index in [1.54, 1.807) is 22.7 Å². The summed E-state index contributed by atoms with van der Waals surface area (Å²) in [7, 11) is 0. The SMILES string of the molecule is Cc1cc2nc(CCC(=O)N3C[C@H](O)C[C@](C)(O)[C@@H](n4cnc5c(N)ncnc54)C3)[nH]c2cc1C. The third-order valence-electron chi connectivity index (χ3n) is 6.99. The number of rotatable bonds is 4. The molecule has 1 aliphatic heterocycles. The van der Waals surface area contributed by atoms with E-state index in [1.807, 2.05) is 13.0 Å². The molecule has 1 saturated heterocycles. The molecule has 4 heterocycles. The summed E-state index contributed by atoms with van der Waals surface area (Å²) in [5.41, 5.74) is 9.70. The average Bonchev–Trinajstić information content (AvgIpc) is 3.36. The highest BCUT2D eigenvalue weighted by Gasteiger charge is 2.42. The molecule has 0 saturated carbocycles. The number of carbonyl (C=O) groups excluding carboxylic acids is 1. The molecule has 0 bridgehead atoms. The highest BCUT2D eigenvalue weighted by Crippen LogP contribution is 2.34. The number of fused-ring (bicyclic) bond motifs is 2. The van der Waals surface area contributed by atoms with E-state index in [1.165, 1.54) is 17.5 Å². The number of aromatic amines is 1. The van der Waals surface area contributed by atoms with Crippen molar-refractivity contribution in [2.24, 2.45) is 0 Å². The molecule has 35 heavy (non-hydrogen) atoms. The van der Waals surface area contributed by atoms with Gasteiger partial charge in [0.1, 0.15) is 17.7 Å². The number of likely N-dealkylation sites (tertiary alicyclic amines) is 1. The predicted octanol–water partition coefficient (Wildman–Crippen LogP) is 1.42. The van der Waals surface area contributed by atoms with Gasteiger partial charge in [-0.2, -0.15) is 0 Å². The molecule has 3 aromatic heterocycles. The van der Waals surface area contributed by atoms with Gasteiger partial charge in [0.05, 0.1) is 35.1 Å². The van der Waals surface area contributed by atoms with Crippen LogP contribution in [0, 0.1) is 13.8 Å². The zero-order valence-corrected chi connectivity index (χ0v) is 20.1. The first-order valence-corrected chi connectivity index (χ1v) is 11.7. The number of β-amino-alcohol motifs (C(OH)–C–C–N with tert-alkyl or cyclic N) is 1. The quantitative estimate of drug-likeness (QED) is 0.343. The summed E-state index contributed by atoms with van der Waals surface area (Å²) in [6, 6.07) is 3.52. The number of aryl methyl sites for hydroxylation is 3. The standard InChI is InChI=1S/C24H30N8O3/c1-13-6-16-17(7-14(13)2)30-19(29-16)4-5-20(34)31-9-15(33)8-24(3,35)18(10-31)32-12-28-21-22(25)26-11-27-23(21)32/h6-7,11-12,15,18,33,35H,4-5,8-10H2,1-3H3,(H,29,30)(H2,25,26,27)/t15-,18+,24+/m1/s1. The van der Waals surface area contributed by atoms with E-state index in [-0.39, 0.29) is 37.7 Å². The van der Waals surface area contributed by atoms with E-state index in [2.05, 4.69) is 37.9 Å². The molecule has 5 N–H and O–H groups in total. The van der Waals surface area contributed by atoms with Gasteiger partial charge >= 0.3 is 0 Å². The number of amides is 1. The van der Waals surface area contributed by atoms with E-state index >= 15 is 0 Å². The average molecular weight is 479 g/mol. The van der Waals surface area contributed by atoms with Gasteiger partial charge in [-0.3, -0.25) is 4.79 Å². The molecule has 3 atom stereocenters. The molecule has 184 valence electrons. The maximum atomic E-state index is 13.3. The molecule has 0 unspecified atom stereocenters. The maximum absolute atomic E-state index is 13.3. The van der Waals surface area contributed by atoms with E-state index < -0.39 is 17.7 Å². The van der Waals surface area contributed by atoms with Crippen molar-refractivity contribution in [2.75, 3.05) is 18.8 Å². The van der Waals surface area contributed by atoms with Crippen molar-refractivity contribution in [3.05, 3.63) is 41.7 Å². The smallest absolute Gasteiger partial charge is 0.223 e. The Kier molecular flexibility index (Phi) is 5.68. The van der Waals surface area contributed by atoms with E-state index in [4.69, 9.17) is 5.73 Å². The Morgan fingerprint density at radius 2 is 2.00 bits per heavy atom. The summed E-state index contributed by atoms with van der Waals surface area (Å²) >= 11 is 0. The van der Waals surface area contributed by atoms with E-state index in [9.17, 15) is 15.0 Å². The topological polar surface area (TPSA) is 159 Å². The summed E-state index contributed by atoms with van der Waals surface area (Å²) in [6.07, 6.45) is 2.79. The number of aliphatic hydroxyl groups is 2. The Labute approximate surface area is 202 Å². The number of carbonyl (C=O) groups is 1. The molecule has 11 nitrogen and oxygen atoms in total. The molecule has 1 aliphatic rings. The Morgan fingerprint density at radius 1 is 1.23 bits per heavy atom. The van der Waals surface area contributed by atoms with Gasteiger partial charge < -0.3 is 30.4 Å². The van der Waals surface area contributed by atoms with Gasteiger partial charge in [0, 0.05) is 32.4 Å². The van der Waals surface area contributed by atoms with Crippen LogP contribution in [0.1, 0.15) is 42.8 Å². The molecular weight excluding hydrogens is 448 g/mol. The fourth-order valence-corrected chi connectivity index (χ4v) is 4.93. The largest absolute Gasteiger partial charge is 0.391 e. The summed E-state index contributed by atoms with van der Waals surface area (Å²) in [6.45, 7) is 6.08.